The molecule has 0 saturated carbocycles. The molecule has 0 aromatic heterocycles. The molecule has 0 fully saturated rings. The molecule has 5 nitrogen and oxygen atoms in total. The summed E-state index contributed by atoms with van der Waals surface area (Å²) in [5, 5.41) is 2.76. The van der Waals surface area contributed by atoms with E-state index in [-0.39, 0.29) is 18.3 Å². The minimum Gasteiger partial charge on any atom is -0.484 e. The van der Waals surface area contributed by atoms with Gasteiger partial charge in [0.05, 0.1) is 0 Å². The third-order valence-electron chi connectivity index (χ3n) is 2.60. The summed E-state index contributed by atoms with van der Waals surface area (Å²) in [6.07, 6.45) is 0. The van der Waals surface area contributed by atoms with Crippen LogP contribution in [0.4, 0.5) is 0 Å². The molecule has 0 aliphatic heterocycles. The second-order valence-electron chi connectivity index (χ2n) is 5.01. The predicted molar refractivity (Wildman–Crippen MR) is 73.2 cm³/mol. The van der Waals surface area contributed by atoms with Gasteiger partial charge in [0, 0.05) is 17.6 Å². The molecule has 1 rings (SSSR count). The van der Waals surface area contributed by atoms with E-state index in [9.17, 15) is 9.59 Å². The molecule has 1 amide bonds. The lowest BCUT2D eigenvalue weighted by Crippen LogP contribution is -2.50. The summed E-state index contributed by atoms with van der Waals surface area (Å²) in [5.74, 6) is 0.205. The summed E-state index contributed by atoms with van der Waals surface area (Å²) in [4.78, 5) is 22.9. The molecular weight excluding hydrogens is 244 g/mol. The second kappa shape index (κ2) is 6.33. The zero-order valence-corrected chi connectivity index (χ0v) is 11.5. The summed E-state index contributed by atoms with van der Waals surface area (Å²) < 4.78 is 5.34. The van der Waals surface area contributed by atoms with E-state index in [1.165, 1.54) is 6.92 Å². The highest BCUT2D eigenvalue weighted by Crippen LogP contribution is 2.13. The number of carbonyl (C=O) groups excluding carboxylic acids is 2. The number of Topliss-reactive ketones (excluding diaryl/α,β-unsaturated/α-hetero) is 1. The highest BCUT2D eigenvalue weighted by molar-refractivity contribution is 5.94. The largest absolute Gasteiger partial charge is 0.484 e. The first-order valence-electron chi connectivity index (χ1n) is 6.09. The van der Waals surface area contributed by atoms with Gasteiger partial charge in [-0.3, -0.25) is 9.59 Å². The van der Waals surface area contributed by atoms with E-state index in [2.05, 4.69) is 5.32 Å². The Morgan fingerprint density at radius 2 is 2.05 bits per heavy atom. The molecule has 0 unspecified atom stereocenters. The maximum absolute atomic E-state index is 11.7. The van der Waals surface area contributed by atoms with Gasteiger partial charge in [-0.05, 0) is 32.9 Å². The molecule has 0 atom stereocenters. The minimum absolute atomic E-state index is 0.0424. The van der Waals surface area contributed by atoms with Crippen LogP contribution in [0.2, 0.25) is 0 Å². The fourth-order valence-corrected chi connectivity index (χ4v) is 1.42. The Hall–Kier alpha value is -1.88. The predicted octanol–water partition coefficient (Wildman–Crippen LogP) is 1.12. The molecular formula is C14H20N2O3. The number of nitrogens with two attached hydrogens (primary N) is 1. The first-order chi connectivity index (χ1) is 8.84. The van der Waals surface area contributed by atoms with Gasteiger partial charge in [-0.15, -0.1) is 0 Å². The molecule has 0 aliphatic rings. The lowest BCUT2D eigenvalue weighted by Gasteiger charge is -2.24. The molecule has 0 spiro atoms. The number of rotatable bonds is 6. The minimum atomic E-state index is -0.457. The van der Waals surface area contributed by atoms with E-state index >= 15 is 0 Å². The van der Waals surface area contributed by atoms with Crippen LogP contribution in [0.3, 0.4) is 0 Å². The Morgan fingerprint density at radius 3 is 2.63 bits per heavy atom. The van der Waals surface area contributed by atoms with Crippen molar-refractivity contribution in [1.29, 1.82) is 0 Å². The maximum Gasteiger partial charge on any atom is 0.258 e. The van der Waals surface area contributed by atoms with Crippen molar-refractivity contribution in [1.82, 2.24) is 5.32 Å². The van der Waals surface area contributed by atoms with Gasteiger partial charge < -0.3 is 15.8 Å². The van der Waals surface area contributed by atoms with Crippen molar-refractivity contribution in [3.63, 3.8) is 0 Å². The molecule has 1 aromatic rings. The molecule has 19 heavy (non-hydrogen) atoms. The lowest BCUT2D eigenvalue weighted by molar-refractivity contribution is -0.124. The Bertz CT molecular complexity index is 470. The molecule has 3 N–H and O–H groups in total. The molecule has 0 saturated heterocycles. The van der Waals surface area contributed by atoms with E-state index in [0.29, 0.717) is 17.9 Å². The average molecular weight is 264 g/mol. The van der Waals surface area contributed by atoms with Gasteiger partial charge in [-0.2, -0.15) is 0 Å². The van der Waals surface area contributed by atoms with E-state index in [0.717, 1.165) is 0 Å². The van der Waals surface area contributed by atoms with Gasteiger partial charge in [-0.1, -0.05) is 12.1 Å². The number of nitrogens with one attached hydrogen (secondary N) is 1. The smallest absolute Gasteiger partial charge is 0.258 e. The second-order valence-corrected chi connectivity index (χ2v) is 5.01. The van der Waals surface area contributed by atoms with Crippen LogP contribution in [0, 0.1) is 0 Å². The van der Waals surface area contributed by atoms with Gasteiger partial charge in [0.15, 0.2) is 12.4 Å². The first kappa shape index (κ1) is 15.2. The highest BCUT2D eigenvalue weighted by Gasteiger charge is 2.18. The molecule has 0 bridgehead atoms. The number of carbonyl (C=O) groups is 2. The van der Waals surface area contributed by atoms with E-state index in [1.807, 2.05) is 13.8 Å². The number of hydrogen-bond acceptors (Lipinski definition) is 4. The quantitative estimate of drug-likeness (QED) is 0.754. The van der Waals surface area contributed by atoms with Crippen LogP contribution in [0.5, 0.6) is 5.75 Å². The monoisotopic (exact) mass is 264 g/mol. The number of benzene rings is 1. The summed E-state index contributed by atoms with van der Waals surface area (Å²) >= 11 is 0. The Labute approximate surface area is 113 Å². The molecule has 0 aliphatic carbocycles. The van der Waals surface area contributed by atoms with Crippen molar-refractivity contribution in [2.45, 2.75) is 26.3 Å². The zero-order chi connectivity index (χ0) is 14.5. The zero-order valence-electron chi connectivity index (χ0n) is 11.5. The summed E-state index contributed by atoms with van der Waals surface area (Å²) in [6.45, 7) is 5.39. The van der Waals surface area contributed by atoms with Crippen LogP contribution < -0.4 is 15.8 Å². The normalized spacial score (nSPS) is 10.9. The van der Waals surface area contributed by atoms with E-state index < -0.39 is 5.54 Å². The van der Waals surface area contributed by atoms with Gasteiger partial charge in [0.2, 0.25) is 0 Å². The molecule has 104 valence electrons. The topological polar surface area (TPSA) is 81.4 Å². The van der Waals surface area contributed by atoms with Gasteiger partial charge in [0.25, 0.3) is 5.91 Å². The third kappa shape index (κ3) is 5.09. The van der Waals surface area contributed by atoms with Crippen LogP contribution in [-0.2, 0) is 4.79 Å². The maximum atomic E-state index is 11.7. The third-order valence-corrected chi connectivity index (χ3v) is 2.60. The number of ether oxygens (including phenoxy) is 1. The Balaban J connectivity index is 2.55. The van der Waals surface area contributed by atoms with Crippen molar-refractivity contribution in [2.75, 3.05) is 13.2 Å². The van der Waals surface area contributed by atoms with Gasteiger partial charge in [0.1, 0.15) is 5.75 Å². The number of amides is 1. The van der Waals surface area contributed by atoms with Crippen LogP contribution >= 0.6 is 0 Å². The molecule has 5 heteroatoms. The first-order valence-corrected chi connectivity index (χ1v) is 6.09. The van der Waals surface area contributed by atoms with Gasteiger partial charge >= 0.3 is 0 Å². The summed E-state index contributed by atoms with van der Waals surface area (Å²) in [5.41, 5.74) is 5.62. The van der Waals surface area contributed by atoms with Crippen molar-refractivity contribution < 1.29 is 14.3 Å². The van der Waals surface area contributed by atoms with Gasteiger partial charge in [-0.25, -0.2) is 0 Å². The number of ketones is 1. The number of hydrogen-bond donors (Lipinski definition) is 2. The van der Waals surface area contributed by atoms with Crippen molar-refractivity contribution in [2.24, 2.45) is 5.73 Å². The Morgan fingerprint density at radius 1 is 1.37 bits per heavy atom. The standard InChI is InChI=1S/C14H20N2O3/c1-10(17)11-5-4-6-12(7-11)19-8-13(18)16-14(2,3)9-15/h4-7H,8-9,15H2,1-3H3,(H,16,18). The fourth-order valence-electron chi connectivity index (χ4n) is 1.42. The fraction of sp³-hybridized carbons (Fsp3) is 0.429. The lowest BCUT2D eigenvalue weighted by atomic mass is 10.1. The van der Waals surface area contributed by atoms with Crippen molar-refractivity contribution in [3.05, 3.63) is 29.8 Å². The van der Waals surface area contributed by atoms with Crippen molar-refractivity contribution in [3.8, 4) is 5.75 Å². The molecule has 1 aromatic carbocycles. The summed E-state index contributed by atoms with van der Waals surface area (Å²) in [6, 6.07) is 6.73. The van der Waals surface area contributed by atoms with Crippen LogP contribution in [0.25, 0.3) is 0 Å². The van der Waals surface area contributed by atoms with Crippen LogP contribution in [-0.4, -0.2) is 30.4 Å². The average Bonchev–Trinajstić information content (AvgIpc) is 2.36. The SMILES string of the molecule is CC(=O)c1cccc(OCC(=O)NC(C)(C)CN)c1. The van der Waals surface area contributed by atoms with Crippen LogP contribution in [0.1, 0.15) is 31.1 Å². The van der Waals surface area contributed by atoms with Crippen molar-refractivity contribution >= 4 is 11.7 Å². The highest BCUT2D eigenvalue weighted by atomic mass is 16.5. The molecule has 0 heterocycles. The van der Waals surface area contributed by atoms with Crippen LogP contribution in [0.15, 0.2) is 24.3 Å². The summed E-state index contributed by atoms with van der Waals surface area (Å²) in [7, 11) is 0. The van der Waals surface area contributed by atoms with E-state index in [1.54, 1.807) is 24.3 Å². The molecule has 0 radical (unpaired) electrons. The van der Waals surface area contributed by atoms with E-state index in [4.69, 9.17) is 10.5 Å². The Kier molecular flexibility index (Phi) is 5.06.